The Bertz CT molecular complexity index is 396. The number of ether oxygens (including phenoxy) is 1. The van der Waals surface area contributed by atoms with Crippen LogP contribution in [0.1, 0.15) is 51.1 Å². The fourth-order valence-electron chi connectivity index (χ4n) is 3.41. The van der Waals surface area contributed by atoms with E-state index in [0.717, 1.165) is 11.7 Å². The van der Waals surface area contributed by atoms with Gasteiger partial charge in [0.15, 0.2) is 0 Å². The Hall–Kier alpha value is -1.06. The average molecular weight is 290 g/mol. The van der Waals surface area contributed by atoms with E-state index in [0.29, 0.717) is 19.2 Å². The molecule has 0 bridgehead atoms. The number of nitrogens with zero attached hydrogens (tertiary/aromatic N) is 1. The lowest BCUT2D eigenvalue weighted by molar-refractivity contribution is 0.131. The third-order valence-corrected chi connectivity index (χ3v) is 4.59. The van der Waals surface area contributed by atoms with Crippen LogP contribution in [0.25, 0.3) is 0 Å². The van der Waals surface area contributed by atoms with Crippen LogP contribution in [-0.2, 0) is 0 Å². The Morgan fingerprint density at radius 3 is 2.38 bits per heavy atom. The normalized spacial score (nSPS) is 18.6. The maximum Gasteiger partial charge on any atom is 0.119 e. The first-order chi connectivity index (χ1) is 10.3. The molecule has 1 aliphatic heterocycles. The lowest BCUT2D eigenvalue weighted by Gasteiger charge is -2.37. The van der Waals surface area contributed by atoms with Crippen LogP contribution in [0.5, 0.6) is 5.75 Å². The number of hydrogen-bond acceptors (Lipinski definition) is 3. The van der Waals surface area contributed by atoms with Gasteiger partial charge in [-0.3, -0.25) is 4.90 Å². The molecule has 0 saturated carbocycles. The summed E-state index contributed by atoms with van der Waals surface area (Å²) < 4.78 is 5.52. The molecule has 1 heterocycles. The summed E-state index contributed by atoms with van der Waals surface area (Å²) in [5.74, 6) is 1.86. The molecule has 0 aromatic heterocycles. The van der Waals surface area contributed by atoms with Crippen molar-refractivity contribution in [3.63, 3.8) is 0 Å². The van der Waals surface area contributed by atoms with E-state index in [-0.39, 0.29) is 0 Å². The van der Waals surface area contributed by atoms with Crippen molar-refractivity contribution >= 4 is 0 Å². The zero-order chi connectivity index (χ0) is 15.1. The number of likely N-dealkylation sites (tertiary alicyclic amines) is 1. The van der Waals surface area contributed by atoms with Gasteiger partial charge in [0.05, 0.1) is 6.61 Å². The second kappa shape index (κ2) is 8.40. The van der Waals surface area contributed by atoms with E-state index in [1.165, 1.54) is 44.3 Å². The molecular weight excluding hydrogens is 260 g/mol. The second-order valence-corrected chi connectivity index (χ2v) is 6.02. The SMILES string of the molecule is CCCC1CCN(C(CN)c2ccc(OCC)cc2)CC1. The van der Waals surface area contributed by atoms with Crippen molar-refractivity contribution in [2.45, 2.75) is 45.6 Å². The molecule has 0 aliphatic carbocycles. The molecule has 3 heteroatoms. The first-order valence-corrected chi connectivity index (χ1v) is 8.45. The highest BCUT2D eigenvalue weighted by atomic mass is 16.5. The summed E-state index contributed by atoms with van der Waals surface area (Å²) in [5, 5.41) is 0. The van der Waals surface area contributed by atoms with E-state index in [4.69, 9.17) is 10.5 Å². The fourth-order valence-corrected chi connectivity index (χ4v) is 3.41. The van der Waals surface area contributed by atoms with Crippen molar-refractivity contribution < 1.29 is 4.74 Å². The zero-order valence-electron chi connectivity index (χ0n) is 13.6. The Morgan fingerprint density at radius 2 is 1.86 bits per heavy atom. The molecule has 1 fully saturated rings. The third-order valence-electron chi connectivity index (χ3n) is 4.59. The largest absolute Gasteiger partial charge is 0.494 e. The molecule has 1 saturated heterocycles. The predicted molar refractivity (Wildman–Crippen MR) is 88.6 cm³/mol. The van der Waals surface area contributed by atoms with Crippen LogP contribution in [-0.4, -0.2) is 31.1 Å². The summed E-state index contributed by atoms with van der Waals surface area (Å²) >= 11 is 0. The molecule has 3 nitrogen and oxygen atoms in total. The molecule has 2 N–H and O–H groups in total. The van der Waals surface area contributed by atoms with E-state index in [1.807, 2.05) is 6.92 Å². The first-order valence-electron chi connectivity index (χ1n) is 8.45. The summed E-state index contributed by atoms with van der Waals surface area (Å²) in [5.41, 5.74) is 7.37. The number of nitrogens with two attached hydrogens (primary N) is 1. The maximum atomic E-state index is 6.05. The van der Waals surface area contributed by atoms with Gasteiger partial charge in [-0.15, -0.1) is 0 Å². The van der Waals surface area contributed by atoms with Crippen LogP contribution in [0.15, 0.2) is 24.3 Å². The molecule has 1 unspecified atom stereocenters. The Labute approximate surface area is 129 Å². The Kier molecular flexibility index (Phi) is 6.52. The molecule has 1 aliphatic rings. The second-order valence-electron chi connectivity index (χ2n) is 6.02. The number of rotatable bonds is 7. The van der Waals surface area contributed by atoms with Crippen molar-refractivity contribution in [3.05, 3.63) is 29.8 Å². The van der Waals surface area contributed by atoms with E-state index < -0.39 is 0 Å². The summed E-state index contributed by atoms with van der Waals surface area (Å²) in [6, 6.07) is 8.81. The third kappa shape index (κ3) is 4.45. The van der Waals surface area contributed by atoms with Crippen molar-refractivity contribution in [2.75, 3.05) is 26.2 Å². The lowest BCUT2D eigenvalue weighted by atomic mass is 9.91. The van der Waals surface area contributed by atoms with Gasteiger partial charge in [-0.05, 0) is 56.5 Å². The smallest absolute Gasteiger partial charge is 0.119 e. The molecule has 1 aromatic carbocycles. The van der Waals surface area contributed by atoms with Crippen LogP contribution < -0.4 is 10.5 Å². The number of hydrogen-bond donors (Lipinski definition) is 1. The van der Waals surface area contributed by atoms with Gasteiger partial charge in [-0.1, -0.05) is 31.9 Å². The average Bonchev–Trinajstić information content (AvgIpc) is 2.52. The molecular formula is C18H30N2O. The Morgan fingerprint density at radius 1 is 1.19 bits per heavy atom. The predicted octanol–water partition coefficient (Wildman–Crippen LogP) is 3.60. The lowest BCUT2D eigenvalue weighted by Crippen LogP contribution is -2.39. The van der Waals surface area contributed by atoms with Crippen LogP contribution in [0.2, 0.25) is 0 Å². The van der Waals surface area contributed by atoms with Crippen molar-refractivity contribution in [1.82, 2.24) is 4.90 Å². The van der Waals surface area contributed by atoms with Crippen molar-refractivity contribution in [2.24, 2.45) is 11.7 Å². The van der Waals surface area contributed by atoms with E-state index in [9.17, 15) is 0 Å². The minimum atomic E-state index is 0.350. The number of piperidine rings is 1. The van der Waals surface area contributed by atoms with Gasteiger partial charge in [0.1, 0.15) is 5.75 Å². The van der Waals surface area contributed by atoms with Gasteiger partial charge in [0, 0.05) is 12.6 Å². The molecule has 21 heavy (non-hydrogen) atoms. The van der Waals surface area contributed by atoms with E-state index in [1.54, 1.807) is 0 Å². The van der Waals surface area contributed by atoms with E-state index in [2.05, 4.69) is 36.1 Å². The first kappa shape index (κ1) is 16.3. The summed E-state index contributed by atoms with van der Waals surface area (Å²) in [7, 11) is 0. The van der Waals surface area contributed by atoms with Crippen LogP contribution in [0.4, 0.5) is 0 Å². The molecule has 0 amide bonds. The Balaban J connectivity index is 1.96. The van der Waals surface area contributed by atoms with Gasteiger partial charge >= 0.3 is 0 Å². The number of benzene rings is 1. The molecule has 0 radical (unpaired) electrons. The monoisotopic (exact) mass is 290 g/mol. The fraction of sp³-hybridized carbons (Fsp3) is 0.667. The van der Waals surface area contributed by atoms with Crippen LogP contribution in [0.3, 0.4) is 0 Å². The highest BCUT2D eigenvalue weighted by Gasteiger charge is 2.24. The molecule has 118 valence electrons. The molecule has 2 rings (SSSR count). The van der Waals surface area contributed by atoms with Crippen molar-refractivity contribution in [3.8, 4) is 5.75 Å². The standard InChI is InChI=1S/C18H30N2O/c1-3-5-15-10-12-20(13-11-15)18(14-19)16-6-8-17(9-7-16)21-4-2/h6-9,15,18H,3-5,10-14,19H2,1-2H3. The van der Waals surface area contributed by atoms with Gasteiger partial charge < -0.3 is 10.5 Å². The van der Waals surface area contributed by atoms with Gasteiger partial charge in [-0.2, -0.15) is 0 Å². The summed E-state index contributed by atoms with van der Waals surface area (Å²) in [6.07, 6.45) is 5.33. The van der Waals surface area contributed by atoms with Crippen LogP contribution in [0, 0.1) is 5.92 Å². The summed E-state index contributed by atoms with van der Waals surface area (Å²) in [4.78, 5) is 2.56. The highest BCUT2D eigenvalue weighted by Crippen LogP contribution is 2.29. The topological polar surface area (TPSA) is 38.5 Å². The minimum Gasteiger partial charge on any atom is -0.494 e. The minimum absolute atomic E-state index is 0.350. The molecule has 0 spiro atoms. The summed E-state index contributed by atoms with van der Waals surface area (Å²) in [6.45, 7) is 8.06. The van der Waals surface area contributed by atoms with Gasteiger partial charge in [0.2, 0.25) is 0 Å². The molecule has 1 aromatic rings. The van der Waals surface area contributed by atoms with Crippen LogP contribution >= 0.6 is 0 Å². The molecule has 1 atom stereocenters. The highest BCUT2D eigenvalue weighted by molar-refractivity contribution is 5.29. The van der Waals surface area contributed by atoms with Gasteiger partial charge in [-0.25, -0.2) is 0 Å². The maximum absolute atomic E-state index is 6.05. The van der Waals surface area contributed by atoms with E-state index >= 15 is 0 Å². The zero-order valence-corrected chi connectivity index (χ0v) is 13.6. The quantitative estimate of drug-likeness (QED) is 0.834. The van der Waals surface area contributed by atoms with Crippen molar-refractivity contribution in [1.29, 1.82) is 0 Å². The van der Waals surface area contributed by atoms with Gasteiger partial charge in [0.25, 0.3) is 0 Å².